The van der Waals surface area contributed by atoms with Crippen molar-refractivity contribution >= 4 is 6.03 Å². The van der Waals surface area contributed by atoms with Gasteiger partial charge in [0.15, 0.2) is 0 Å². The lowest BCUT2D eigenvalue weighted by molar-refractivity contribution is 0.0392. The molecule has 102 valence electrons. The molecule has 3 rings (SSSR count). The van der Waals surface area contributed by atoms with Crippen LogP contribution in [0.5, 0.6) is 0 Å². The van der Waals surface area contributed by atoms with E-state index in [0.717, 1.165) is 39.1 Å². The summed E-state index contributed by atoms with van der Waals surface area (Å²) < 4.78 is 5.41. The molecule has 2 heterocycles. The molecule has 1 spiro atoms. The fourth-order valence-corrected chi connectivity index (χ4v) is 3.77. The molecule has 1 N–H and O–H groups in total. The van der Waals surface area contributed by atoms with Gasteiger partial charge in [-0.2, -0.15) is 0 Å². The van der Waals surface area contributed by atoms with Crippen LogP contribution >= 0.6 is 0 Å². The molecule has 0 radical (unpaired) electrons. The van der Waals surface area contributed by atoms with E-state index in [1.807, 2.05) is 0 Å². The molecule has 0 unspecified atom stereocenters. The Hall–Kier alpha value is -0.770. The molecule has 1 aliphatic carbocycles. The fourth-order valence-electron chi connectivity index (χ4n) is 3.77. The minimum atomic E-state index is 0.146. The van der Waals surface area contributed by atoms with Crippen molar-refractivity contribution in [1.29, 1.82) is 0 Å². The molecule has 4 nitrogen and oxygen atoms in total. The Bertz CT molecular complexity index is 307. The Kier molecular flexibility index (Phi) is 3.46. The number of nitrogens with zero attached hydrogens (tertiary/aromatic N) is 1. The van der Waals surface area contributed by atoms with Gasteiger partial charge in [0.25, 0.3) is 0 Å². The van der Waals surface area contributed by atoms with Gasteiger partial charge in [-0.3, -0.25) is 0 Å². The van der Waals surface area contributed by atoms with Crippen molar-refractivity contribution in [3.8, 4) is 0 Å². The number of carbonyl (C=O) groups excluding carboxylic acids is 1. The summed E-state index contributed by atoms with van der Waals surface area (Å²) in [6, 6.07) is 0.170. The Morgan fingerprint density at radius 3 is 2.67 bits per heavy atom. The SMILES string of the molecule is O=C1NCC2(CCCCC2)N1CC1CCOCC1. The first-order valence-electron chi connectivity index (χ1n) is 7.43. The van der Waals surface area contributed by atoms with Crippen molar-refractivity contribution in [3.05, 3.63) is 0 Å². The van der Waals surface area contributed by atoms with Gasteiger partial charge in [0, 0.05) is 26.3 Å². The number of amides is 2. The summed E-state index contributed by atoms with van der Waals surface area (Å²) in [5.41, 5.74) is 0.146. The lowest BCUT2D eigenvalue weighted by Gasteiger charge is -2.42. The zero-order valence-electron chi connectivity index (χ0n) is 11.1. The summed E-state index contributed by atoms with van der Waals surface area (Å²) in [6.45, 7) is 3.55. The van der Waals surface area contributed by atoms with Crippen molar-refractivity contribution < 1.29 is 9.53 Å². The number of hydrogen-bond donors (Lipinski definition) is 1. The predicted molar refractivity (Wildman–Crippen MR) is 69.5 cm³/mol. The van der Waals surface area contributed by atoms with Crippen molar-refractivity contribution in [3.63, 3.8) is 0 Å². The number of ether oxygens (including phenoxy) is 1. The molecule has 2 saturated heterocycles. The van der Waals surface area contributed by atoms with E-state index in [2.05, 4.69) is 10.2 Å². The smallest absolute Gasteiger partial charge is 0.318 e. The van der Waals surface area contributed by atoms with Crippen LogP contribution in [0.1, 0.15) is 44.9 Å². The van der Waals surface area contributed by atoms with Gasteiger partial charge in [0.2, 0.25) is 0 Å². The van der Waals surface area contributed by atoms with E-state index in [1.54, 1.807) is 0 Å². The van der Waals surface area contributed by atoms with Crippen LogP contribution in [0.2, 0.25) is 0 Å². The average Bonchev–Trinajstić information content (AvgIpc) is 2.71. The van der Waals surface area contributed by atoms with Gasteiger partial charge < -0.3 is 15.0 Å². The maximum absolute atomic E-state index is 12.1. The molecule has 0 aromatic carbocycles. The van der Waals surface area contributed by atoms with Gasteiger partial charge in [-0.25, -0.2) is 4.79 Å². The number of nitrogens with one attached hydrogen (secondary N) is 1. The first-order valence-corrected chi connectivity index (χ1v) is 7.43. The number of hydrogen-bond acceptors (Lipinski definition) is 2. The maximum Gasteiger partial charge on any atom is 0.318 e. The molecule has 1 saturated carbocycles. The van der Waals surface area contributed by atoms with Gasteiger partial charge in [-0.15, -0.1) is 0 Å². The van der Waals surface area contributed by atoms with Gasteiger partial charge in [0.1, 0.15) is 0 Å². The van der Waals surface area contributed by atoms with E-state index in [1.165, 1.54) is 32.1 Å². The quantitative estimate of drug-likeness (QED) is 0.818. The van der Waals surface area contributed by atoms with Crippen molar-refractivity contribution in [2.45, 2.75) is 50.5 Å². The van der Waals surface area contributed by atoms with Gasteiger partial charge in [-0.1, -0.05) is 19.3 Å². The monoisotopic (exact) mass is 252 g/mol. The van der Waals surface area contributed by atoms with Gasteiger partial charge >= 0.3 is 6.03 Å². The average molecular weight is 252 g/mol. The van der Waals surface area contributed by atoms with Crippen molar-refractivity contribution in [2.75, 3.05) is 26.3 Å². The molecule has 0 aromatic heterocycles. The third-order valence-electron chi connectivity index (χ3n) is 4.95. The Labute approximate surface area is 109 Å². The highest BCUT2D eigenvalue weighted by Crippen LogP contribution is 2.37. The lowest BCUT2D eigenvalue weighted by Crippen LogP contribution is -2.50. The molecule has 3 aliphatic rings. The first-order chi connectivity index (χ1) is 8.80. The molecule has 0 atom stereocenters. The maximum atomic E-state index is 12.1. The molecule has 2 amide bonds. The fraction of sp³-hybridized carbons (Fsp3) is 0.929. The zero-order valence-corrected chi connectivity index (χ0v) is 11.1. The summed E-state index contributed by atoms with van der Waals surface area (Å²) in [4.78, 5) is 14.3. The van der Waals surface area contributed by atoms with E-state index in [9.17, 15) is 4.79 Å². The predicted octanol–water partition coefficient (Wildman–Crippen LogP) is 2.14. The number of urea groups is 1. The van der Waals surface area contributed by atoms with Crippen LogP contribution in [0.25, 0.3) is 0 Å². The Morgan fingerprint density at radius 1 is 1.22 bits per heavy atom. The summed E-state index contributed by atoms with van der Waals surface area (Å²) in [5.74, 6) is 0.640. The van der Waals surface area contributed by atoms with Gasteiger partial charge in [-0.05, 0) is 31.6 Å². The molecular weight excluding hydrogens is 228 g/mol. The molecule has 0 aromatic rings. The van der Waals surface area contributed by atoms with Crippen LogP contribution in [0.4, 0.5) is 4.79 Å². The summed E-state index contributed by atoms with van der Waals surface area (Å²) in [5, 5.41) is 3.08. The standard InChI is InChI=1S/C14H24N2O2/c17-13-15-11-14(6-2-1-3-7-14)16(13)10-12-4-8-18-9-5-12/h12H,1-11H2,(H,15,17). The highest BCUT2D eigenvalue weighted by Gasteiger charge is 2.46. The molecular formula is C14H24N2O2. The highest BCUT2D eigenvalue weighted by atomic mass is 16.5. The Balaban J connectivity index is 1.68. The number of carbonyl (C=O) groups is 1. The highest BCUT2D eigenvalue weighted by molar-refractivity contribution is 5.78. The summed E-state index contributed by atoms with van der Waals surface area (Å²) in [7, 11) is 0. The van der Waals surface area contributed by atoms with E-state index >= 15 is 0 Å². The summed E-state index contributed by atoms with van der Waals surface area (Å²) >= 11 is 0. The van der Waals surface area contributed by atoms with Gasteiger partial charge in [0.05, 0.1) is 5.54 Å². The third kappa shape index (κ3) is 2.22. The normalized spacial score (nSPS) is 28.7. The topological polar surface area (TPSA) is 41.6 Å². The largest absolute Gasteiger partial charge is 0.381 e. The van der Waals surface area contributed by atoms with Crippen molar-refractivity contribution in [1.82, 2.24) is 10.2 Å². The van der Waals surface area contributed by atoms with Crippen LogP contribution in [-0.2, 0) is 4.74 Å². The van der Waals surface area contributed by atoms with Crippen LogP contribution in [0.3, 0.4) is 0 Å². The van der Waals surface area contributed by atoms with E-state index < -0.39 is 0 Å². The molecule has 3 fully saturated rings. The van der Waals surface area contributed by atoms with E-state index in [-0.39, 0.29) is 11.6 Å². The van der Waals surface area contributed by atoms with Crippen LogP contribution in [-0.4, -0.2) is 42.8 Å². The Morgan fingerprint density at radius 2 is 1.94 bits per heavy atom. The second kappa shape index (κ2) is 5.08. The summed E-state index contributed by atoms with van der Waals surface area (Å²) in [6.07, 6.45) is 8.49. The number of rotatable bonds is 2. The first kappa shape index (κ1) is 12.3. The molecule has 4 heteroatoms. The zero-order chi connectivity index (χ0) is 12.4. The third-order valence-corrected chi connectivity index (χ3v) is 4.95. The van der Waals surface area contributed by atoms with E-state index in [4.69, 9.17) is 4.74 Å². The van der Waals surface area contributed by atoms with Crippen molar-refractivity contribution in [2.24, 2.45) is 5.92 Å². The van der Waals surface area contributed by atoms with Crippen LogP contribution in [0.15, 0.2) is 0 Å². The minimum absolute atomic E-state index is 0.146. The molecule has 18 heavy (non-hydrogen) atoms. The molecule has 0 bridgehead atoms. The minimum Gasteiger partial charge on any atom is -0.381 e. The second-order valence-corrected chi connectivity index (χ2v) is 6.11. The van der Waals surface area contributed by atoms with Crippen LogP contribution in [0, 0.1) is 5.92 Å². The molecule has 2 aliphatic heterocycles. The van der Waals surface area contributed by atoms with E-state index in [0.29, 0.717) is 5.92 Å². The second-order valence-electron chi connectivity index (χ2n) is 6.11. The van der Waals surface area contributed by atoms with Crippen LogP contribution < -0.4 is 5.32 Å². The lowest BCUT2D eigenvalue weighted by atomic mass is 9.80.